The van der Waals surface area contributed by atoms with E-state index in [-0.39, 0.29) is 16.9 Å². The Balaban J connectivity index is 2.89. The van der Waals surface area contributed by atoms with Gasteiger partial charge in [-0.1, -0.05) is 25.1 Å². The fraction of sp³-hybridized carbons (Fsp3) is 0.385. The van der Waals surface area contributed by atoms with Crippen molar-refractivity contribution >= 4 is 11.8 Å². The van der Waals surface area contributed by atoms with E-state index in [1.165, 1.54) is 11.8 Å². The maximum Gasteiger partial charge on any atom is 0.453 e. The summed E-state index contributed by atoms with van der Waals surface area (Å²) in [4.78, 5) is 4.21. The van der Waals surface area contributed by atoms with Crippen molar-refractivity contribution in [2.24, 2.45) is 0 Å². The quantitative estimate of drug-likeness (QED) is 0.476. The van der Waals surface area contributed by atoms with Crippen LogP contribution in [0.5, 0.6) is 0 Å². The van der Waals surface area contributed by atoms with Crippen LogP contribution in [0.15, 0.2) is 46.9 Å². The van der Waals surface area contributed by atoms with E-state index >= 15 is 0 Å². The van der Waals surface area contributed by atoms with Gasteiger partial charge in [-0.15, -0.1) is 11.8 Å². The highest BCUT2D eigenvalue weighted by Gasteiger charge is 2.31. The molecule has 0 saturated heterocycles. The van der Waals surface area contributed by atoms with E-state index < -0.39 is 0 Å². The Morgan fingerprint density at radius 1 is 1.39 bits per heavy atom. The van der Waals surface area contributed by atoms with Gasteiger partial charge in [0.1, 0.15) is 5.25 Å². The Morgan fingerprint density at radius 3 is 2.56 bits per heavy atom. The fourth-order valence-electron chi connectivity index (χ4n) is 1.45. The van der Waals surface area contributed by atoms with Crippen LogP contribution in [-0.4, -0.2) is 17.0 Å². The molecular formula is C13H17N2O2S+. The van der Waals surface area contributed by atoms with Gasteiger partial charge in [0.05, 0.1) is 6.61 Å². The van der Waals surface area contributed by atoms with Crippen LogP contribution < -0.4 is 0 Å². The number of aliphatic hydroxyl groups excluding tert-OH is 1. The molecule has 0 bridgehead atoms. The summed E-state index contributed by atoms with van der Waals surface area (Å²) < 4.78 is 4.98. The number of rotatable bonds is 6. The molecule has 1 aromatic rings. The number of nitrogens with zero attached hydrogens (tertiary/aromatic N) is 2. The van der Waals surface area contributed by atoms with Crippen LogP contribution in [0.4, 0.5) is 0 Å². The first-order valence-electron chi connectivity index (χ1n) is 5.85. The lowest BCUT2D eigenvalue weighted by Gasteiger charge is -2.08. The Bertz CT molecular complexity index is 440. The van der Waals surface area contributed by atoms with Crippen LogP contribution in [0.3, 0.4) is 0 Å². The number of diazo groups is 1. The molecule has 1 unspecified atom stereocenters. The fourth-order valence-corrected chi connectivity index (χ4v) is 2.52. The zero-order valence-corrected chi connectivity index (χ0v) is 11.4. The maximum atomic E-state index is 9.68. The second-order valence-electron chi connectivity index (χ2n) is 3.55. The number of aliphatic hydroxyl groups is 1. The Morgan fingerprint density at radius 2 is 2.06 bits per heavy atom. The molecule has 0 saturated carbocycles. The predicted molar refractivity (Wildman–Crippen MR) is 72.7 cm³/mol. The normalized spacial score (nSPS) is 13.4. The minimum absolute atomic E-state index is 0.149. The van der Waals surface area contributed by atoms with Crippen LogP contribution in [-0.2, 0) is 4.74 Å². The van der Waals surface area contributed by atoms with Gasteiger partial charge in [0.25, 0.3) is 0 Å². The van der Waals surface area contributed by atoms with Crippen molar-refractivity contribution in [1.29, 1.82) is 5.39 Å². The lowest BCUT2D eigenvalue weighted by Crippen LogP contribution is -2.07. The first-order valence-corrected chi connectivity index (χ1v) is 6.73. The van der Waals surface area contributed by atoms with E-state index in [1.807, 2.05) is 37.3 Å². The van der Waals surface area contributed by atoms with Crippen molar-refractivity contribution in [3.05, 3.63) is 47.0 Å². The minimum Gasteiger partial charge on any atom is -0.475 e. The van der Waals surface area contributed by atoms with Crippen molar-refractivity contribution in [1.82, 2.24) is 0 Å². The molecule has 1 atom stereocenters. The van der Waals surface area contributed by atoms with Gasteiger partial charge in [-0.25, -0.2) is 0 Å². The summed E-state index contributed by atoms with van der Waals surface area (Å²) in [6.45, 7) is 4.05. The van der Waals surface area contributed by atoms with Crippen LogP contribution in [0.1, 0.15) is 20.3 Å². The molecule has 0 aliphatic rings. The summed E-state index contributed by atoms with van der Waals surface area (Å²) >= 11 is 1.52. The van der Waals surface area contributed by atoms with Crippen molar-refractivity contribution in [2.75, 3.05) is 6.61 Å². The lowest BCUT2D eigenvalue weighted by molar-refractivity contribution is 0.0981. The molecule has 18 heavy (non-hydrogen) atoms. The molecule has 96 valence electrons. The standard InChI is InChI=1S/C13H16N2O2S/c1-3-11(12(15-14)13(16)17-4-2)18-10-8-6-5-7-9-10/h5-9,11H,3-4H2,1-2H3/p+1/b13-12-. The molecule has 0 spiro atoms. The zero-order chi connectivity index (χ0) is 13.4. The van der Waals surface area contributed by atoms with E-state index in [0.717, 1.165) is 11.3 Å². The monoisotopic (exact) mass is 265 g/mol. The topological polar surface area (TPSA) is 57.6 Å². The van der Waals surface area contributed by atoms with Gasteiger partial charge in [-0.3, -0.25) is 0 Å². The molecule has 5 heteroatoms. The third-order valence-corrected chi connectivity index (χ3v) is 3.69. The van der Waals surface area contributed by atoms with E-state index in [1.54, 1.807) is 6.92 Å². The van der Waals surface area contributed by atoms with E-state index in [0.29, 0.717) is 6.61 Å². The van der Waals surface area contributed by atoms with Crippen molar-refractivity contribution in [3.63, 3.8) is 0 Å². The summed E-state index contributed by atoms with van der Waals surface area (Å²) in [5, 5.41) is 18.5. The summed E-state index contributed by atoms with van der Waals surface area (Å²) in [5.74, 6) is -0.310. The Kier molecular flexibility index (Phi) is 6.09. The average Bonchev–Trinajstić information content (AvgIpc) is 2.40. The molecule has 1 N–H and O–H groups in total. The SMILES string of the molecule is CCO/C(O)=C(\[N+]#N)C(CC)Sc1ccccc1. The van der Waals surface area contributed by atoms with Gasteiger partial charge in [0.2, 0.25) is 5.39 Å². The largest absolute Gasteiger partial charge is 0.475 e. The summed E-state index contributed by atoms with van der Waals surface area (Å²) in [6.07, 6.45) is 0.718. The second-order valence-corrected chi connectivity index (χ2v) is 4.83. The first kappa shape index (κ1) is 14.4. The molecule has 0 aromatic heterocycles. The van der Waals surface area contributed by atoms with Crippen LogP contribution >= 0.6 is 11.8 Å². The molecule has 1 aromatic carbocycles. The smallest absolute Gasteiger partial charge is 0.453 e. The first-order chi connectivity index (χ1) is 8.72. The third kappa shape index (κ3) is 3.97. The van der Waals surface area contributed by atoms with Crippen molar-refractivity contribution in [3.8, 4) is 0 Å². The molecular weight excluding hydrogens is 248 g/mol. The van der Waals surface area contributed by atoms with Gasteiger partial charge in [0.15, 0.2) is 4.98 Å². The van der Waals surface area contributed by atoms with Crippen LogP contribution in [0.2, 0.25) is 0 Å². The zero-order valence-electron chi connectivity index (χ0n) is 10.5. The van der Waals surface area contributed by atoms with Gasteiger partial charge < -0.3 is 9.84 Å². The van der Waals surface area contributed by atoms with Crippen molar-refractivity contribution < 1.29 is 9.84 Å². The Labute approximate surface area is 111 Å². The molecule has 1 rings (SSSR count). The highest BCUT2D eigenvalue weighted by molar-refractivity contribution is 8.00. The number of hydrogen-bond acceptors (Lipinski definition) is 4. The van der Waals surface area contributed by atoms with Crippen LogP contribution in [0, 0.1) is 5.39 Å². The van der Waals surface area contributed by atoms with Crippen molar-refractivity contribution in [2.45, 2.75) is 30.4 Å². The predicted octanol–water partition coefficient (Wildman–Crippen LogP) is 4.17. The van der Waals surface area contributed by atoms with Gasteiger partial charge in [-0.2, -0.15) is 0 Å². The molecule has 0 aliphatic heterocycles. The highest BCUT2D eigenvalue weighted by Crippen LogP contribution is 2.31. The lowest BCUT2D eigenvalue weighted by atomic mass is 10.2. The maximum absolute atomic E-state index is 9.68. The molecule has 0 aliphatic carbocycles. The highest BCUT2D eigenvalue weighted by atomic mass is 32.2. The number of ether oxygens (including phenoxy) is 1. The average molecular weight is 265 g/mol. The van der Waals surface area contributed by atoms with E-state index in [2.05, 4.69) is 4.98 Å². The van der Waals surface area contributed by atoms with E-state index in [9.17, 15) is 5.11 Å². The van der Waals surface area contributed by atoms with Crippen LogP contribution in [0.25, 0.3) is 4.98 Å². The number of hydrogen-bond donors (Lipinski definition) is 1. The summed E-state index contributed by atoms with van der Waals surface area (Å²) in [6, 6.07) is 9.77. The second kappa shape index (κ2) is 7.62. The summed E-state index contributed by atoms with van der Waals surface area (Å²) in [7, 11) is 0. The summed E-state index contributed by atoms with van der Waals surface area (Å²) in [5.41, 5.74) is 0.174. The molecule has 0 amide bonds. The molecule has 4 nitrogen and oxygen atoms in total. The van der Waals surface area contributed by atoms with Gasteiger partial charge in [0, 0.05) is 4.90 Å². The molecule has 0 fully saturated rings. The van der Waals surface area contributed by atoms with Gasteiger partial charge >= 0.3 is 11.6 Å². The number of benzene rings is 1. The molecule has 0 heterocycles. The third-order valence-electron chi connectivity index (χ3n) is 2.31. The molecule has 0 radical (unpaired) electrons. The van der Waals surface area contributed by atoms with Gasteiger partial charge in [-0.05, 0) is 25.5 Å². The van der Waals surface area contributed by atoms with E-state index in [4.69, 9.17) is 10.1 Å². The number of thioether (sulfide) groups is 1. The minimum atomic E-state index is -0.310. The Hall–Kier alpha value is -1.67.